The maximum atomic E-state index is 12.5. The van der Waals surface area contributed by atoms with Crippen LogP contribution in [0.1, 0.15) is 21.7 Å². The monoisotopic (exact) mass is 333 g/mol. The van der Waals surface area contributed by atoms with Crippen molar-refractivity contribution in [3.05, 3.63) is 65.9 Å². The molecule has 4 aromatic heterocycles. The number of rotatable bonds is 3. The standard InChI is InChI=1S/C17H15N7O/c1-11-9-12(2)23(22-11)14-4-3-13(10-19-14)17(25)21-16-5-7-18-15-6-8-20-24(15)16/h3-10H,1-2H3,(H,21,25). The van der Waals surface area contributed by atoms with Crippen molar-refractivity contribution in [1.29, 1.82) is 0 Å². The Bertz CT molecular complexity index is 1060. The first-order chi connectivity index (χ1) is 12.1. The van der Waals surface area contributed by atoms with Crippen molar-refractivity contribution in [1.82, 2.24) is 29.4 Å². The van der Waals surface area contributed by atoms with Crippen LogP contribution in [-0.4, -0.2) is 35.3 Å². The quantitative estimate of drug-likeness (QED) is 0.620. The average molecular weight is 333 g/mol. The lowest BCUT2D eigenvalue weighted by Crippen LogP contribution is -2.15. The molecule has 4 heterocycles. The molecule has 0 aromatic carbocycles. The molecule has 0 bridgehead atoms. The van der Waals surface area contributed by atoms with Crippen LogP contribution >= 0.6 is 0 Å². The lowest BCUT2D eigenvalue weighted by atomic mass is 10.2. The molecule has 1 amide bonds. The molecule has 0 fully saturated rings. The van der Waals surface area contributed by atoms with Crippen molar-refractivity contribution in [2.45, 2.75) is 13.8 Å². The number of nitrogens with one attached hydrogen (secondary N) is 1. The molecule has 0 saturated heterocycles. The molecule has 0 atom stereocenters. The number of aromatic nitrogens is 6. The topological polar surface area (TPSA) is 90.0 Å². The molecule has 0 aliphatic carbocycles. The van der Waals surface area contributed by atoms with Gasteiger partial charge in [0.1, 0.15) is 5.82 Å². The molecule has 0 saturated carbocycles. The predicted octanol–water partition coefficient (Wildman–Crippen LogP) is 2.18. The first-order valence-corrected chi connectivity index (χ1v) is 7.71. The fraction of sp³-hybridized carbons (Fsp3) is 0.118. The fourth-order valence-corrected chi connectivity index (χ4v) is 2.62. The Kier molecular flexibility index (Phi) is 3.50. The molecule has 0 radical (unpaired) electrons. The Hall–Kier alpha value is -3.55. The number of pyridine rings is 1. The highest BCUT2D eigenvalue weighted by Gasteiger charge is 2.11. The minimum atomic E-state index is -0.268. The Labute approximate surface area is 143 Å². The molecule has 1 N–H and O–H groups in total. The Morgan fingerprint density at radius 2 is 1.96 bits per heavy atom. The van der Waals surface area contributed by atoms with Gasteiger partial charge >= 0.3 is 0 Å². The number of hydrogen-bond acceptors (Lipinski definition) is 5. The van der Waals surface area contributed by atoms with Gasteiger partial charge in [-0.1, -0.05) is 0 Å². The van der Waals surface area contributed by atoms with Crippen molar-refractivity contribution in [3.8, 4) is 5.82 Å². The maximum Gasteiger partial charge on any atom is 0.258 e. The number of carbonyl (C=O) groups is 1. The van der Waals surface area contributed by atoms with Gasteiger partial charge in [-0.25, -0.2) is 14.6 Å². The van der Waals surface area contributed by atoms with Crippen LogP contribution in [-0.2, 0) is 0 Å². The molecule has 124 valence electrons. The molecule has 0 unspecified atom stereocenters. The number of hydrogen-bond donors (Lipinski definition) is 1. The van der Waals surface area contributed by atoms with E-state index in [4.69, 9.17) is 0 Å². The van der Waals surface area contributed by atoms with E-state index in [0.29, 0.717) is 22.8 Å². The van der Waals surface area contributed by atoms with E-state index in [1.54, 1.807) is 45.9 Å². The highest BCUT2D eigenvalue weighted by Crippen LogP contribution is 2.13. The molecule has 0 spiro atoms. The minimum Gasteiger partial charge on any atom is -0.306 e. The zero-order chi connectivity index (χ0) is 17.4. The molecule has 8 nitrogen and oxygen atoms in total. The van der Waals surface area contributed by atoms with Crippen molar-refractivity contribution >= 4 is 17.4 Å². The highest BCUT2D eigenvalue weighted by molar-refractivity contribution is 6.03. The van der Waals surface area contributed by atoms with Crippen molar-refractivity contribution < 1.29 is 4.79 Å². The molecule has 0 aliphatic heterocycles. The second-order valence-corrected chi connectivity index (χ2v) is 5.63. The van der Waals surface area contributed by atoms with E-state index in [9.17, 15) is 4.79 Å². The van der Waals surface area contributed by atoms with Crippen LogP contribution in [0.25, 0.3) is 11.5 Å². The Morgan fingerprint density at radius 1 is 1.08 bits per heavy atom. The lowest BCUT2D eigenvalue weighted by Gasteiger charge is -2.08. The number of amides is 1. The third kappa shape index (κ3) is 2.74. The van der Waals surface area contributed by atoms with E-state index in [0.717, 1.165) is 11.4 Å². The van der Waals surface area contributed by atoms with E-state index >= 15 is 0 Å². The largest absolute Gasteiger partial charge is 0.306 e. The van der Waals surface area contributed by atoms with Crippen molar-refractivity contribution in [2.24, 2.45) is 0 Å². The zero-order valence-electron chi connectivity index (χ0n) is 13.7. The summed E-state index contributed by atoms with van der Waals surface area (Å²) in [5.41, 5.74) is 3.01. The normalized spacial score (nSPS) is 11.0. The van der Waals surface area contributed by atoms with E-state index in [-0.39, 0.29) is 5.91 Å². The Morgan fingerprint density at radius 3 is 2.68 bits per heavy atom. The van der Waals surface area contributed by atoms with Crippen LogP contribution in [0.2, 0.25) is 0 Å². The van der Waals surface area contributed by atoms with Gasteiger partial charge in [-0.2, -0.15) is 14.7 Å². The fourth-order valence-electron chi connectivity index (χ4n) is 2.62. The lowest BCUT2D eigenvalue weighted by molar-refractivity contribution is 0.102. The van der Waals surface area contributed by atoms with Crippen molar-refractivity contribution in [2.75, 3.05) is 5.32 Å². The van der Waals surface area contributed by atoms with Gasteiger partial charge in [0.25, 0.3) is 5.91 Å². The van der Waals surface area contributed by atoms with Gasteiger partial charge in [-0.05, 0) is 38.1 Å². The molecule has 25 heavy (non-hydrogen) atoms. The number of fused-ring (bicyclic) bond motifs is 1. The number of carbonyl (C=O) groups excluding carboxylic acids is 1. The third-order valence-electron chi connectivity index (χ3n) is 3.77. The SMILES string of the molecule is Cc1cc(C)n(-c2ccc(C(=O)Nc3ccnc4ccnn34)cn2)n1. The summed E-state index contributed by atoms with van der Waals surface area (Å²) in [6, 6.07) is 8.91. The second-order valence-electron chi connectivity index (χ2n) is 5.63. The number of anilines is 1. The van der Waals surface area contributed by atoms with Crippen LogP contribution < -0.4 is 5.32 Å². The van der Waals surface area contributed by atoms with Crippen LogP contribution in [0.3, 0.4) is 0 Å². The third-order valence-corrected chi connectivity index (χ3v) is 3.77. The highest BCUT2D eigenvalue weighted by atomic mass is 16.1. The van der Waals surface area contributed by atoms with Crippen LogP contribution in [0.5, 0.6) is 0 Å². The summed E-state index contributed by atoms with van der Waals surface area (Å²) in [5.74, 6) is 0.943. The first kappa shape index (κ1) is 15.0. The van der Waals surface area contributed by atoms with E-state index in [1.165, 1.54) is 6.20 Å². The van der Waals surface area contributed by atoms with Gasteiger partial charge in [-0.15, -0.1) is 0 Å². The van der Waals surface area contributed by atoms with Gasteiger partial charge < -0.3 is 5.32 Å². The summed E-state index contributed by atoms with van der Waals surface area (Å²) in [5, 5.41) is 11.4. The summed E-state index contributed by atoms with van der Waals surface area (Å²) in [6.45, 7) is 3.89. The van der Waals surface area contributed by atoms with E-state index in [1.807, 2.05) is 19.9 Å². The van der Waals surface area contributed by atoms with E-state index in [2.05, 4.69) is 25.5 Å². The minimum absolute atomic E-state index is 0.268. The summed E-state index contributed by atoms with van der Waals surface area (Å²) >= 11 is 0. The first-order valence-electron chi connectivity index (χ1n) is 7.71. The zero-order valence-corrected chi connectivity index (χ0v) is 13.7. The van der Waals surface area contributed by atoms with Crippen LogP contribution in [0, 0.1) is 13.8 Å². The summed E-state index contributed by atoms with van der Waals surface area (Å²) in [6.07, 6.45) is 4.78. The molecule has 4 aromatic rings. The van der Waals surface area contributed by atoms with E-state index < -0.39 is 0 Å². The van der Waals surface area contributed by atoms with Gasteiger partial charge in [0.2, 0.25) is 0 Å². The Balaban J connectivity index is 1.59. The molecule has 0 aliphatic rings. The molecular formula is C17H15N7O. The summed E-state index contributed by atoms with van der Waals surface area (Å²) in [7, 11) is 0. The van der Waals surface area contributed by atoms with Crippen molar-refractivity contribution in [3.63, 3.8) is 0 Å². The summed E-state index contributed by atoms with van der Waals surface area (Å²) in [4.78, 5) is 21.0. The van der Waals surface area contributed by atoms with Gasteiger partial charge in [0.05, 0.1) is 17.5 Å². The molecule has 8 heteroatoms. The molecular weight excluding hydrogens is 318 g/mol. The number of aryl methyl sites for hydroxylation is 2. The van der Waals surface area contributed by atoms with Gasteiger partial charge in [0.15, 0.2) is 11.5 Å². The maximum absolute atomic E-state index is 12.5. The smallest absolute Gasteiger partial charge is 0.258 e. The van der Waals surface area contributed by atoms with Crippen LogP contribution in [0.4, 0.5) is 5.82 Å². The number of nitrogens with zero attached hydrogens (tertiary/aromatic N) is 6. The van der Waals surface area contributed by atoms with Gasteiger partial charge in [-0.3, -0.25) is 4.79 Å². The average Bonchev–Trinajstić information content (AvgIpc) is 3.21. The van der Waals surface area contributed by atoms with Crippen LogP contribution in [0.15, 0.2) is 48.9 Å². The molecule has 4 rings (SSSR count). The summed E-state index contributed by atoms with van der Waals surface area (Å²) < 4.78 is 3.31. The van der Waals surface area contributed by atoms with Gasteiger partial charge in [0, 0.05) is 24.2 Å². The second kappa shape index (κ2) is 5.82. The predicted molar refractivity (Wildman–Crippen MR) is 91.8 cm³/mol.